The second kappa shape index (κ2) is 10.5. The van der Waals surface area contributed by atoms with Crippen molar-refractivity contribution in [2.45, 2.75) is 57.5 Å². The fourth-order valence-corrected chi connectivity index (χ4v) is 6.08. The molecule has 4 rings (SSSR count). The number of piperazine rings is 1. The topological polar surface area (TPSA) is 82.7 Å². The molecule has 1 amide bonds. The van der Waals surface area contributed by atoms with Gasteiger partial charge in [0.05, 0.1) is 22.8 Å². The number of fused-ring (bicyclic) bond motifs is 1. The number of anilines is 1. The van der Waals surface area contributed by atoms with E-state index in [1.807, 2.05) is 25.7 Å². The van der Waals surface area contributed by atoms with E-state index in [4.69, 9.17) is 14.5 Å². The van der Waals surface area contributed by atoms with E-state index in [0.717, 1.165) is 23.0 Å². The second-order valence-electron chi connectivity index (χ2n) is 10.7. The predicted molar refractivity (Wildman–Crippen MR) is 138 cm³/mol. The molecule has 4 atom stereocenters. The first-order valence-corrected chi connectivity index (χ1v) is 13.4. The largest absolute Gasteiger partial charge is 0.444 e. The second-order valence-corrected chi connectivity index (χ2v) is 11.7. The predicted octanol–water partition coefficient (Wildman–Crippen LogP) is 4.11. The minimum Gasteiger partial charge on any atom is -0.444 e. The molecule has 4 unspecified atom stereocenters. The number of carbonyl (C=O) groups is 1. The number of rotatable bonds is 5. The molecule has 2 saturated heterocycles. The molecule has 2 fully saturated rings. The lowest BCUT2D eigenvalue weighted by molar-refractivity contribution is -0.0135. The van der Waals surface area contributed by atoms with Gasteiger partial charge in [-0.3, -0.25) is 0 Å². The number of aromatic nitrogens is 2. The molecule has 10 heteroatoms. The fourth-order valence-electron chi connectivity index (χ4n) is 4.98. The van der Waals surface area contributed by atoms with Gasteiger partial charge in [0.25, 0.3) is 0 Å². The van der Waals surface area contributed by atoms with Crippen molar-refractivity contribution in [3.05, 3.63) is 17.9 Å². The lowest BCUT2D eigenvalue weighted by Crippen LogP contribution is -2.53. The van der Waals surface area contributed by atoms with Gasteiger partial charge in [0, 0.05) is 57.7 Å². The average Bonchev–Trinajstić information content (AvgIpc) is 3.19. The van der Waals surface area contributed by atoms with Gasteiger partial charge in [0.15, 0.2) is 5.16 Å². The summed E-state index contributed by atoms with van der Waals surface area (Å²) < 4.78 is 26.2. The zero-order valence-corrected chi connectivity index (χ0v) is 22.4. The van der Waals surface area contributed by atoms with Crippen LogP contribution in [0.3, 0.4) is 0 Å². The molecule has 1 aromatic heterocycles. The van der Waals surface area contributed by atoms with Crippen molar-refractivity contribution in [2.75, 3.05) is 50.5 Å². The molecule has 2 aromatic rings. The Morgan fingerprint density at radius 2 is 1.94 bits per heavy atom. The van der Waals surface area contributed by atoms with Crippen molar-refractivity contribution in [2.24, 2.45) is 11.8 Å². The van der Waals surface area contributed by atoms with Gasteiger partial charge in [-0.1, -0.05) is 25.6 Å². The Morgan fingerprint density at radius 1 is 1.23 bits per heavy atom. The number of aromatic amines is 1. The number of H-pyrrole nitrogens is 1. The Morgan fingerprint density at radius 3 is 2.60 bits per heavy atom. The van der Waals surface area contributed by atoms with Gasteiger partial charge in [-0.2, -0.15) is 0 Å². The fraction of sp³-hybridized carbons (Fsp3) is 0.680. The van der Waals surface area contributed by atoms with Crippen LogP contribution in [0.1, 0.15) is 34.6 Å². The first-order chi connectivity index (χ1) is 16.6. The minimum atomic E-state index is -0.532. The van der Waals surface area contributed by atoms with Crippen LogP contribution in [0.2, 0.25) is 0 Å². The third-order valence-corrected chi connectivity index (χ3v) is 7.88. The Hall–Kier alpha value is -2.04. The number of halogens is 1. The van der Waals surface area contributed by atoms with Crippen LogP contribution in [0.4, 0.5) is 14.9 Å². The first kappa shape index (κ1) is 26.0. The van der Waals surface area contributed by atoms with Crippen LogP contribution < -0.4 is 10.2 Å². The molecule has 2 aliphatic heterocycles. The van der Waals surface area contributed by atoms with Gasteiger partial charge in [-0.25, -0.2) is 14.2 Å². The molecular weight excluding hydrogens is 469 g/mol. The van der Waals surface area contributed by atoms with Crippen LogP contribution >= 0.6 is 11.8 Å². The summed E-state index contributed by atoms with van der Waals surface area (Å²) in [4.78, 5) is 24.0. The van der Waals surface area contributed by atoms with Crippen molar-refractivity contribution >= 4 is 34.6 Å². The van der Waals surface area contributed by atoms with Crippen LogP contribution in [0.5, 0.6) is 0 Å². The molecule has 1 aromatic carbocycles. The van der Waals surface area contributed by atoms with Crippen molar-refractivity contribution in [1.82, 2.24) is 20.2 Å². The van der Waals surface area contributed by atoms with E-state index < -0.39 is 5.60 Å². The summed E-state index contributed by atoms with van der Waals surface area (Å²) in [5, 5.41) is 4.41. The Labute approximate surface area is 211 Å². The summed E-state index contributed by atoms with van der Waals surface area (Å²) in [6.07, 6.45) is -0.0833. The lowest BCUT2D eigenvalue weighted by Gasteiger charge is -2.40. The van der Waals surface area contributed by atoms with E-state index in [0.29, 0.717) is 55.3 Å². The molecule has 0 spiro atoms. The van der Waals surface area contributed by atoms with E-state index in [9.17, 15) is 4.79 Å². The van der Waals surface area contributed by atoms with Gasteiger partial charge in [-0.15, -0.1) is 0 Å². The molecule has 0 saturated carbocycles. The monoisotopic (exact) mass is 507 g/mol. The highest BCUT2D eigenvalue weighted by atomic mass is 32.2. The number of hydrogen-bond donors (Lipinski definition) is 2. The zero-order valence-electron chi connectivity index (χ0n) is 21.6. The number of piperidine rings is 1. The molecule has 194 valence electrons. The maximum absolute atomic E-state index is 15.0. The minimum absolute atomic E-state index is 0.241. The van der Waals surface area contributed by atoms with Crippen molar-refractivity contribution in [3.63, 3.8) is 0 Å². The number of methoxy groups -OCH3 is 1. The third-order valence-electron chi connectivity index (χ3n) is 6.89. The number of benzene rings is 1. The number of thioether (sulfide) groups is 1. The van der Waals surface area contributed by atoms with Gasteiger partial charge in [-0.05, 0) is 38.7 Å². The van der Waals surface area contributed by atoms with Crippen molar-refractivity contribution in [1.29, 1.82) is 0 Å². The highest BCUT2D eigenvalue weighted by molar-refractivity contribution is 7.99. The van der Waals surface area contributed by atoms with E-state index in [2.05, 4.69) is 24.1 Å². The molecule has 8 nitrogen and oxygen atoms in total. The van der Waals surface area contributed by atoms with Crippen molar-refractivity contribution < 1.29 is 18.7 Å². The normalized spacial score (nSPS) is 25.8. The molecule has 2 N–H and O–H groups in total. The number of carbonyl (C=O) groups excluding carboxylic acids is 1. The van der Waals surface area contributed by atoms with E-state index in [-0.39, 0.29) is 18.0 Å². The smallest absolute Gasteiger partial charge is 0.410 e. The van der Waals surface area contributed by atoms with E-state index >= 15 is 4.39 Å². The van der Waals surface area contributed by atoms with E-state index in [1.165, 1.54) is 6.07 Å². The number of nitrogens with zero attached hydrogens (tertiary/aromatic N) is 3. The van der Waals surface area contributed by atoms with Crippen LogP contribution in [0, 0.1) is 17.7 Å². The highest BCUT2D eigenvalue weighted by Gasteiger charge is 2.34. The highest BCUT2D eigenvalue weighted by Crippen LogP contribution is 2.31. The van der Waals surface area contributed by atoms with Gasteiger partial charge < -0.3 is 29.6 Å². The summed E-state index contributed by atoms with van der Waals surface area (Å²) in [6, 6.07) is 3.65. The van der Waals surface area contributed by atoms with Crippen LogP contribution in [-0.2, 0) is 9.47 Å². The molecule has 35 heavy (non-hydrogen) atoms. The van der Waals surface area contributed by atoms with Crippen LogP contribution in [0.25, 0.3) is 11.0 Å². The zero-order chi connectivity index (χ0) is 25.3. The summed E-state index contributed by atoms with van der Waals surface area (Å²) in [6.45, 7) is 13.0. The molecule has 3 heterocycles. The van der Waals surface area contributed by atoms with Crippen LogP contribution in [-0.4, -0.2) is 84.3 Å². The number of ether oxygens (including phenoxy) is 2. The Kier molecular flexibility index (Phi) is 7.83. The molecule has 2 aliphatic rings. The quantitative estimate of drug-likeness (QED) is 0.590. The summed E-state index contributed by atoms with van der Waals surface area (Å²) in [5.41, 5.74) is 1.42. The molecule has 0 aliphatic carbocycles. The summed E-state index contributed by atoms with van der Waals surface area (Å²) in [5.74, 6) is 1.44. The Balaban J connectivity index is 1.39. The van der Waals surface area contributed by atoms with E-state index in [1.54, 1.807) is 29.8 Å². The molecule has 0 bridgehead atoms. The SMILES string of the molecule is COC1C(C)CNC(CSc2nc3cc(N4CCN(C(=O)OC(C)(C)C)CC4)c(F)cc3[nH]2)C1C. The van der Waals surface area contributed by atoms with Crippen molar-refractivity contribution in [3.8, 4) is 0 Å². The first-order valence-electron chi connectivity index (χ1n) is 12.4. The average molecular weight is 508 g/mol. The number of imidazole rings is 1. The maximum atomic E-state index is 15.0. The number of amides is 1. The van der Waals surface area contributed by atoms with Crippen LogP contribution in [0.15, 0.2) is 17.3 Å². The number of hydrogen-bond acceptors (Lipinski definition) is 7. The maximum Gasteiger partial charge on any atom is 0.410 e. The third kappa shape index (κ3) is 6.03. The summed E-state index contributed by atoms with van der Waals surface area (Å²) in [7, 11) is 1.79. The Bertz CT molecular complexity index is 1030. The number of nitrogens with one attached hydrogen (secondary N) is 2. The summed E-state index contributed by atoms with van der Waals surface area (Å²) >= 11 is 1.65. The molecular formula is C25H38FN5O3S. The van der Waals surface area contributed by atoms with Gasteiger partial charge in [0.1, 0.15) is 11.4 Å². The standard InChI is InChI=1S/C25H38FN5O3S/c1-15-13-27-20(16(2)22(15)33-6)14-35-23-28-18-11-17(26)21(12-19(18)29-23)30-7-9-31(10-8-30)24(32)34-25(3,4)5/h11-12,15-16,20,22,27H,7-10,13-14H2,1-6H3,(H,28,29). The lowest BCUT2D eigenvalue weighted by atomic mass is 9.84. The molecule has 0 radical (unpaired) electrons. The van der Waals surface area contributed by atoms with Gasteiger partial charge in [0.2, 0.25) is 0 Å². The van der Waals surface area contributed by atoms with Gasteiger partial charge >= 0.3 is 6.09 Å².